The maximum atomic E-state index is 14.5. The summed E-state index contributed by atoms with van der Waals surface area (Å²) in [6, 6.07) is 5.17. The van der Waals surface area contributed by atoms with Crippen molar-refractivity contribution in [1.82, 2.24) is 24.4 Å². The number of nitrogens with zero attached hydrogens (tertiary/aromatic N) is 5. The Labute approximate surface area is 253 Å². The van der Waals surface area contributed by atoms with E-state index >= 15 is 0 Å². The van der Waals surface area contributed by atoms with Gasteiger partial charge in [0.15, 0.2) is 0 Å². The van der Waals surface area contributed by atoms with Gasteiger partial charge in [-0.15, -0.1) is 0 Å². The first-order valence-electron chi connectivity index (χ1n) is 13.0. The Morgan fingerprint density at radius 3 is 2.44 bits per heavy atom. The van der Waals surface area contributed by atoms with Crippen molar-refractivity contribution in [2.45, 2.75) is 24.9 Å². The molecular formula is C29H20ClF8N7. The van der Waals surface area contributed by atoms with Crippen molar-refractivity contribution in [2.24, 2.45) is 12.0 Å². The fraction of sp³-hybridized carbons (Fsp3) is 0.207. The molecule has 0 spiro atoms. The van der Waals surface area contributed by atoms with E-state index in [-0.39, 0.29) is 49.8 Å². The van der Waals surface area contributed by atoms with Crippen molar-refractivity contribution in [3.05, 3.63) is 93.8 Å². The molecule has 0 saturated heterocycles. The summed E-state index contributed by atoms with van der Waals surface area (Å²) in [5, 5.41) is 5.82. The van der Waals surface area contributed by atoms with Crippen molar-refractivity contribution in [3.8, 4) is 0 Å². The lowest BCUT2D eigenvalue weighted by Crippen LogP contribution is -2.30. The molecule has 5 aromatic rings. The molecule has 0 bridgehead atoms. The van der Waals surface area contributed by atoms with Gasteiger partial charge in [0, 0.05) is 52.6 Å². The van der Waals surface area contributed by atoms with Crippen LogP contribution in [0.15, 0.2) is 54.3 Å². The van der Waals surface area contributed by atoms with Gasteiger partial charge in [-0.05, 0) is 36.4 Å². The highest BCUT2D eigenvalue weighted by molar-refractivity contribution is 6.31. The predicted molar refractivity (Wildman–Crippen MR) is 152 cm³/mol. The van der Waals surface area contributed by atoms with Crippen LogP contribution in [0.4, 0.5) is 46.6 Å². The highest BCUT2D eigenvalue weighted by Gasteiger charge is 2.38. The minimum atomic E-state index is -4.96. The van der Waals surface area contributed by atoms with Gasteiger partial charge in [-0.25, -0.2) is 18.7 Å². The summed E-state index contributed by atoms with van der Waals surface area (Å²) in [5.74, 6) is -2.11. The van der Waals surface area contributed by atoms with Gasteiger partial charge in [0.1, 0.15) is 30.3 Å². The van der Waals surface area contributed by atoms with Crippen LogP contribution in [0, 0.1) is 11.6 Å². The van der Waals surface area contributed by atoms with Crippen LogP contribution in [0.1, 0.15) is 28.3 Å². The van der Waals surface area contributed by atoms with Crippen molar-refractivity contribution >= 4 is 50.7 Å². The topological polar surface area (TPSA) is 72.1 Å². The van der Waals surface area contributed by atoms with E-state index in [9.17, 15) is 35.1 Å². The third kappa shape index (κ3) is 5.14. The molecule has 2 N–H and O–H groups in total. The fourth-order valence-corrected chi connectivity index (χ4v) is 6.01. The zero-order valence-electron chi connectivity index (χ0n) is 23.2. The van der Waals surface area contributed by atoms with Crippen LogP contribution >= 0.6 is 11.6 Å². The van der Waals surface area contributed by atoms with E-state index in [1.807, 2.05) is 0 Å². The van der Waals surface area contributed by atoms with Gasteiger partial charge in [-0.2, -0.15) is 26.3 Å². The number of hydrogen-bond acceptors (Lipinski definition) is 5. The maximum Gasteiger partial charge on any atom is 0.418 e. The Kier molecular flexibility index (Phi) is 7.06. The molecule has 1 unspecified atom stereocenters. The normalized spacial score (nSPS) is 15.7. The van der Waals surface area contributed by atoms with E-state index in [2.05, 4.69) is 32.2 Å². The Bertz CT molecular complexity index is 2110. The van der Waals surface area contributed by atoms with Crippen LogP contribution in [0.2, 0.25) is 5.02 Å². The van der Waals surface area contributed by atoms with E-state index in [4.69, 9.17) is 11.6 Å². The lowest BCUT2D eigenvalue weighted by Gasteiger charge is -2.20. The SMILES string of the molecule is C=C1NC(c2cc(F)ccc2Cl)c2c(Nc3ncnc4c(C(F)(F)F)cc(F)cc34)cc3c(c21)n(C)c(=NC)n3CC(F)(F)F. The molecule has 6 rings (SSSR count). The third-order valence-corrected chi connectivity index (χ3v) is 7.81. The number of fused-ring (bicyclic) bond motifs is 4. The number of imidazole rings is 1. The van der Waals surface area contributed by atoms with E-state index in [0.29, 0.717) is 17.2 Å². The van der Waals surface area contributed by atoms with Gasteiger partial charge in [0.05, 0.1) is 28.2 Å². The molecule has 1 aliphatic rings. The number of benzene rings is 3. The number of aromatic nitrogens is 4. The molecule has 0 radical (unpaired) electrons. The minimum Gasteiger partial charge on any atom is -0.374 e. The standard InChI is InChI=1S/C29H20ClF8N7/c1-12-21-22(24(42-12)15-6-13(31)4-5-18(15)30)19(9-20-25(21)44(3)27(39-2)45(20)10-28(33,34)35)43-26-16-7-14(32)8-17(29(36,37)38)23(16)40-11-41-26/h4-9,11,24,42H,1,10H2,2-3H3,(H,40,41,43). The summed E-state index contributed by atoms with van der Waals surface area (Å²) in [7, 11) is 2.84. The number of anilines is 2. The molecule has 0 fully saturated rings. The van der Waals surface area contributed by atoms with E-state index in [1.165, 1.54) is 36.9 Å². The number of alkyl halides is 6. The summed E-state index contributed by atoms with van der Waals surface area (Å²) in [6.45, 7) is 2.63. The minimum absolute atomic E-state index is 0.0335. The number of nitrogens with one attached hydrogen (secondary N) is 2. The lowest BCUT2D eigenvalue weighted by atomic mass is 9.94. The van der Waals surface area contributed by atoms with Gasteiger partial charge in [-0.1, -0.05) is 18.2 Å². The Morgan fingerprint density at radius 2 is 1.78 bits per heavy atom. The molecule has 1 aliphatic heterocycles. The third-order valence-electron chi connectivity index (χ3n) is 7.47. The van der Waals surface area contributed by atoms with E-state index in [1.54, 1.807) is 0 Å². The van der Waals surface area contributed by atoms with Crippen molar-refractivity contribution in [2.75, 3.05) is 12.4 Å². The van der Waals surface area contributed by atoms with Crippen LogP contribution in [0.25, 0.3) is 27.6 Å². The van der Waals surface area contributed by atoms with Crippen molar-refractivity contribution in [3.63, 3.8) is 0 Å². The average Bonchev–Trinajstić information content (AvgIpc) is 3.41. The molecule has 3 aromatic carbocycles. The van der Waals surface area contributed by atoms with Crippen LogP contribution in [-0.2, 0) is 19.8 Å². The molecular weight excluding hydrogens is 634 g/mol. The molecule has 234 valence electrons. The molecule has 16 heteroatoms. The van der Waals surface area contributed by atoms with Gasteiger partial charge < -0.3 is 19.8 Å². The van der Waals surface area contributed by atoms with Crippen molar-refractivity contribution < 1.29 is 35.1 Å². The molecule has 0 amide bonds. The second-order valence-electron chi connectivity index (χ2n) is 10.3. The number of rotatable bonds is 4. The Hall–Kier alpha value is -4.66. The largest absolute Gasteiger partial charge is 0.418 e. The number of halogens is 9. The van der Waals surface area contributed by atoms with Gasteiger partial charge in [0.2, 0.25) is 5.62 Å². The molecule has 0 aliphatic carbocycles. The summed E-state index contributed by atoms with van der Waals surface area (Å²) in [6.07, 6.45) is -8.78. The zero-order chi connectivity index (χ0) is 32.6. The van der Waals surface area contributed by atoms with Crippen molar-refractivity contribution in [1.29, 1.82) is 0 Å². The fourth-order valence-electron chi connectivity index (χ4n) is 5.79. The predicted octanol–water partition coefficient (Wildman–Crippen LogP) is 7.37. The Morgan fingerprint density at radius 1 is 1.04 bits per heavy atom. The van der Waals surface area contributed by atoms with Crippen LogP contribution in [0.5, 0.6) is 0 Å². The Balaban J connectivity index is 1.70. The molecule has 7 nitrogen and oxygen atoms in total. The molecule has 1 atom stereocenters. The van der Waals surface area contributed by atoms with E-state index < -0.39 is 47.7 Å². The van der Waals surface area contributed by atoms with E-state index in [0.717, 1.165) is 23.0 Å². The molecule has 45 heavy (non-hydrogen) atoms. The highest BCUT2D eigenvalue weighted by atomic mass is 35.5. The van der Waals surface area contributed by atoms with Gasteiger partial charge >= 0.3 is 12.4 Å². The molecule has 2 aromatic heterocycles. The van der Waals surface area contributed by atoms with Gasteiger partial charge in [0.25, 0.3) is 0 Å². The molecule has 3 heterocycles. The zero-order valence-corrected chi connectivity index (χ0v) is 23.9. The lowest BCUT2D eigenvalue weighted by molar-refractivity contribution is -0.140. The summed E-state index contributed by atoms with van der Waals surface area (Å²) < 4.78 is 114. The van der Waals surface area contributed by atoms with Crippen LogP contribution < -0.4 is 16.3 Å². The summed E-state index contributed by atoms with van der Waals surface area (Å²) in [5.41, 5.74) is -0.512. The average molecular weight is 654 g/mol. The monoisotopic (exact) mass is 653 g/mol. The molecule has 0 saturated carbocycles. The summed E-state index contributed by atoms with van der Waals surface area (Å²) >= 11 is 6.46. The quantitative estimate of drug-likeness (QED) is 0.199. The first kappa shape index (κ1) is 30.4. The second kappa shape index (κ2) is 10.5. The number of aryl methyl sites for hydroxylation is 1. The van der Waals surface area contributed by atoms with Crippen LogP contribution in [-0.4, -0.2) is 32.3 Å². The van der Waals surface area contributed by atoms with Gasteiger partial charge in [-0.3, -0.25) is 4.99 Å². The first-order chi connectivity index (χ1) is 21.1. The number of hydrogen-bond donors (Lipinski definition) is 2. The maximum absolute atomic E-state index is 14.5. The smallest absolute Gasteiger partial charge is 0.374 e. The second-order valence-corrected chi connectivity index (χ2v) is 10.7. The van der Waals surface area contributed by atoms with Crippen LogP contribution in [0.3, 0.4) is 0 Å². The highest BCUT2D eigenvalue weighted by Crippen LogP contribution is 2.47. The first-order valence-corrected chi connectivity index (χ1v) is 13.4. The summed E-state index contributed by atoms with van der Waals surface area (Å²) in [4.78, 5) is 11.8.